The third kappa shape index (κ3) is 2.94. The Hall–Kier alpha value is -1.46. The summed E-state index contributed by atoms with van der Waals surface area (Å²) < 4.78 is 18.9. The zero-order valence-corrected chi connectivity index (χ0v) is 12.3. The van der Waals surface area contributed by atoms with Gasteiger partial charge in [-0.1, -0.05) is 0 Å². The van der Waals surface area contributed by atoms with Crippen molar-refractivity contribution < 1.29 is 13.9 Å². The van der Waals surface area contributed by atoms with Gasteiger partial charge in [-0.05, 0) is 50.6 Å². The molecule has 4 nitrogen and oxygen atoms in total. The van der Waals surface area contributed by atoms with Crippen LogP contribution in [-0.2, 0) is 9.53 Å². The standard InChI is InChI=1S/C16H21FN2O2/c1-16(12-3-2-8-18-9-12)11-19(15(20)10-21-16)14-6-4-13(17)5-7-14/h4-7,12,18H,2-3,8-11H2,1H3. The highest BCUT2D eigenvalue weighted by Gasteiger charge is 2.42. The van der Waals surface area contributed by atoms with Gasteiger partial charge in [0.15, 0.2) is 0 Å². The van der Waals surface area contributed by atoms with E-state index in [1.54, 1.807) is 17.0 Å². The summed E-state index contributed by atoms with van der Waals surface area (Å²) in [6.07, 6.45) is 2.24. The summed E-state index contributed by atoms with van der Waals surface area (Å²) in [6, 6.07) is 6.07. The number of hydrogen-bond acceptors (Lipinski definition) is 3. The van der Waals surface area contributed by atoms with Crippen molar-refractivity contribution in [2.45, 2.75) is 25.4 Å². The van der Waals surface area contributed by atoms with Crippen LogP contribution in [0.15, 0.2) is 24.3 Å². The minimum absolute atomic E-state index is 0.0668. The summed E-state index contributed by atoms with van der Waals surface area (Å²) in [4.78, 5) is 13.9. The topological polar surface area (TPSA) is 41.6 Å². The van der Waals surface area contributed by atoms with Crippen molar-refractivity contribution >= 4 is 11.6 Å². The van der Waals surface area contributed by atoms with Crippen LogP contribution in [0.25, 0.3) is 0 Å². The van der Waals surface area contributed by atoms with Crippen LogP contribution in [-0.4, -0.2) is 37.7 Å². The maximum absolute atomic E-state index is 13.1. The minimum Gasteiger partial charge on any atom is -0.363 e. The quantitative estimate of drug-likeness (QED) is 0.906. The summed E-state index contributed by atoms with van der Waals surface area (Å²) in [5.41, 5.74) is 0.384. The number of nitrogens with one attached hydrogen (secondary N) is 1. The van der Waals surface area contributed by atoms with Gasteiger partial charge in [0, 0.05) is 18.2 Å². The van der Waals surface area contributed by atoms with E-state index in [1.807, 2.05) is 0 Å². The van der Waals surface area contributed by atoms with E-state index in [9.17, 15) is 9.18 Å². The molecular weight excluding hydrogens is 271 g/mol. The lowest BCUT2D eigenvalue weighted by molar-refractivity contribution is -0.144. The van der Waals surface area contributed by atoms with Gasteiger partial charge in [-0.3, -0.25) is 4.79 Å². The Bertz CT molecular complexity index is 514. The van der Waals surface area contributed by atoms with Gasteiger partial charge in [-0.2, -0.15) is 0 Å². The number of carbonyl (C=O) groups excluding carboxylic acids is 1. The molecule has 1 N–H and O–H groups in total. The molecule has 1 amide bonds. The lowest BCUT2D eigenvalue weighted by Crippen LogP contribution is -2.59. The van der Waals surface area contributed by atoms with Crippen molar-refractivity contribution in [1.82, 2.24) is 5.32 Å². The monoisotopic (exact) mass is 292 g/mol. The molecule has 2 unspecified atom stereocenters. The molecule has 0 aliphatic carbocycles. The number of piperidine rings is 1. The van der Waals surface area contributed by atoms with Gasteiger partial charge in [-0.25, -0.2) is 4.39 Å². The fourth-order valence-electron chi connectivity index (χ4n) is 3.23. The van der Waals surface area contributed by atoms with Crippen LogP contribution in [0.4, 0.5) is 10.1 Å². The number of benzene rings is 1. The molecule has 114 valence electrons. The Morgan fingerprint density at radius 2 is 2.14 bits per heavy atom. The van der Waals surface area contributed by atoms with E-state index in [0.717, 1.165) is 31.6 Å². The summed E-state index contributed by atoms with van der Waals surface area (Å²) in [6.45, 7) is 4.65. The van der Waals surface area contributed by atoms with E-state index in [-0.39, 0.29) is 23.9 Å². The van der Waals surface area contributed by atoms with E-state index in [1.165, 1.54) is 12.1 Å². The Morgan fingerprint density at radius 1 is 1.38 bits per heavy atom. The van der Waals surface area contributed by atoms with E-state index >= 15 is 0 Å². The molecule has 3 rings (SSSR count). The normalized spacial score (nSPS) is 30.5. The highest BCUT2D eigenvalue weighted by molar-refractivity contribution is 5.95. The third-order valence-corrected chi connectivity index (χ3v) is 4.60. The second-order valence-corrected chi connectivity index (χ2v) is 6.10. The van der Waals surface area contributed by atoms with Crippen molar-refractivity contribution in [3.63, 3.8) is 0 Å². The second kappa shape index (κ2) is 5.73. The SMILES string of the molecule is CC1(C2CCCNC2)CN(c2ccc(F)cc2)C(=O)CO1. The lowest BCUT2D eigenvalue weighted by Gasteiger charge is -2.46. The molecule has 1 aromatic rings. The van der Waals surface area contributed by atoms with Crippen LogP contribution in [0, 0.1) is 11.7 Å². The second-order valence-electron chi connectivity index (χ2n) is 6.10. The van der Waals surface area contributed by atoms with Crippen molar-refractivity contribution in [2.75, 3.05) is 31.1 Å². The van der Waals surface area contributed by atoms with Crippen molar-refractivity contribution in [3.05, 3.63) is 30.1 Å². The molecule has 0 spiro atoms. The predicted octanol–water partition coefficient (Wildman–Crippen LogP) is 1.95. The molecule has 0 radical (unpaired) electrons. The summed E-state index contributed by atoms with van der Waals surface area (Å²) >= 11 is 0. The number of ether oxygens (including phenoxy) is 1. The number of amides is 1. The molecule has 0 saturated carbocycles. The molecule has 2 atom stereocenters. The number of rotatable bonds is 2. The summed E-state index contributed by atoms with van der Waals surface area (Å²) in [5, 5.41) is 3.40. The smallest absolute Gasteiger partial charge is 0.253 e. The van der Waals surface area contributed by atoms with Gasteiger partial charge in [0.1, 0.15) is 12.4 Å². The molecule has 2 saturated heterocycles. The molecule has 0 aromatic heterocycles. The molecule has 0 bridgehead atoms. The number of anilines is 1. The highest BCUT2D eigenvalue weighted by Crippen LogP contribution is 2.33. The third-order valence-electron chi connectivity index (χ3n) is 4.60. The largest absolute Gasteiger partial charge is 0.363 e. The first-order valence-electron chi connectivity index (χ1n) is 7.49. The maximum Gasteiger partial charge on any atom is 0.253 e. The molecular formula is C16H21FN2O2. The number of nitrogens with zero attached hydrogens (tertiary/aromatic N) is 1. The van der Waals surface area contributed by atoms with Gasteiger partial charge in [0.25, 0.3) is 5.91 Å². The Labute approximate surface area is 124 Å². The van der Waals surface area contributed by atoms with E-state index in [2.05, 4.69) is 12.2 Å². The van der Waals surface area contributed by atoms with Gasteiger partial charge in [0.2, 0.25) is 0 Å². The Morgan fingerprint density at radius 3 is 2.81 bits per heavy atom. The molecule has 2 fully saturated rings. The zero-order valence-electron chi connectivity index (χ0n) is 12.3. The average Bonchev–Trinajstić information content (AvgIpc) is 2.52. The van der Waals surface area contributed by atoms with Gasteiger partial charge in [0.05, 0.1) is 12.1 Å². The highest BCUT2D eigenvalue weighted by atomic mass is 19.1. The summed E-state index contributed by atoms with van der Waals surface area (Å²) in [7, 11) is 0. The number of morpholine rings is 1. The molecule has 2 heterocycles. The van der Waals surface area contributed by atoms with Crippen LogP contribution in [0.2, 0.25) is 0 Å². The van der Waals surface area contributed by atoms with E-state index in [0.29, 0.717) is 12.5 Å². The lowest BCUT2D eigenvalue weighted by atomic mass is 9.82. The first-order chi connectivity index (χ1) is 10.1. The van der Waals surface area contributed by atoms with Crippen LogP contribution in [0.1, 0.15) is 19.8 Å². The van der Waals surface area contributed by atoms with Crippen molar-refractivity contribution in [1.29, 1.82) is 0 Å². The van der Waals surface area contributed by atoms with Crippen LogP contribution in [0.3, 0.4) is 0 Å². The van der Waals surface area contributed by atoms with Crippen LogP contribution in [0.5, 0.6) is 0 Å². The zero-order chi connectivity index (χ0) is 14.9. The van der Waals surface area contributed by atoms with Crippen LogP contribution >= 0.6 is 0 Å². The number of carbonyl (C=O) groups is 1. The number of halogens is 1. The predicted molar refractivity (Wildman–Crippen MR) is 78.7 cm³/mol. The van der Waals surface area contributed by atoms with Crippen molar-refractivity contribution in [3.8, 4) is 0 Å². The van der Waals surface area contributed by atoms with Crippen LogP contribution < -0.4 is 10.2 Å². The Kier molecular flexibility index (Phi) is 3.95. The molecule has 2 aliphatic heterocycles. The molecule has 1 aromatic carbocycles. The van der Waals surface area contributed by atoms with Crippen molar-refractivity contribution in [2.24, 2.45) is 5.92 Å². The molecule has 5 heteroatoms. The molecule has 21 heavy (non-hydrogen) atoms. The Balaban J connectivity index is 1.80. The first-order valence-corrected chi connectivity index (χ1v) is 7.49. The average molecular weight is 292 g/mol. The summed E-state index contributed by atoms with van der Waals surface area (Å²) in [5.74, 6) is 0.0313. The fourth-order valence-corrected chi connectivity index (χ4v) is 3.23. The van der Waals surface area contributed by atoms with E-state index < -0.39 is 0 Å². The fraction of sp³-hybridized carbons (Fsp3) is 0.562. The van der Waals surface area contributed by atoms with Gasteiger partial charge in [-0.15, -0.1) is 0 Å². The minimum atomic E-state index is -0.351. The van der Waals surface area contributed by atoms with Gasteiger partial charge < -0.3 is 15.0 Å². The number of hydrogen-bond donors (Lipinski definition) is 1. The van der Waals surface area contributed by atoms with E-state index in [4.69, 9.17) is 4.74 Å². The first kappa shape index (κ1) is 14.5. The molecule has 2 aliphatic rings. The maximum atomic E-state index is 13.1. The van der Waals surface area contributed by atoms with Gasteiger partial charge >= 0.3 is 0 Å².